The third kappa shape index (κ3) is 4.28. The zero-order valence-corrected chi connectivity index (χ0v) is 17.0. The van der Waals surface area contributed by atoms with Crippen molar-refractivity contribution in [1.82, 2.24) is 9.88 Å². The van der Waals surface area contributed by atoms with Crippen LogP contribution in [0.3, 0.4) is 0 Å². The molecule has 0 radical (unpaired) electrons. The fourth-order valence-electron chi connectivity index (χ4n) is 2.74. The van der Waals surface area contributed by atoms with Crippen LogP contribution in [0.4, 0.5) is 11.5 Å². The number of nitrogens with zero attached hydrogens (tertiary/aromatic N) is 3. The standard InChI is InChI=1S/C17H21BrN4O3S/c1-21-7-9-22(10-8-21)17-6-4-14(12-19-17)20-26(23,24)16-11-13(18)3-5-15(16)25-2/h3-6,11-12,20H,7-10H2,1-2H3. The molecular formula is C17H21BrN4O3S. The SMILES string of the molecule is COc1ccc(Br)cc1S(=O)(=O)Nc1ccc(N2CCN(C)CC2)nc1. The van der Waals surface area contributed by atoms with Gasteiger partial charge in [0.2, 0.25) is 0 Å². The number of pyridine rings is 1. The van der Waals surface area contributed by atoms with Crippen LogP contribution in [0.2, 0.25) is 0 Å². The topological polar surface area (TPSA) is 74.8 Å². The third-order valence-corrected chi connectivity index (χ3v) is 6.14. The van der Waals surface area contributed by atoms with Crippen molar-refractivity contribution in [3.8, 4) is 5.75 Å². The summed E-state index contributed by atoms with van der Waals surface area (Å²) in [4.78, 5) is 8.93. The molecule has 0 saturated carbocycles. The Balaban J connectivity index is 1.77. The molecule has 1 fully saturated rings. The van der Waals surface area contributed by atoms with E-state index in [0.29, 0.717) is 10.2 Å². The molecule has 0 spiro atoms. The molecule has 2 aromatic rings. The van der Waals surface area contributed by atoms with Crippen LogP contribution in [0.15, 0.2) is 45.9 Å². The highest BCUT2D eigenvalue weighted by atomic mass is 79.9. The lowest BCUT2D eigenvalue weighted by Crippen LogP contribution is -2.44. The summed E-state index contributed by atoms with van der Waals surface area (Å²) in [7, 11) is -0.254. The zero-order chi connectivity index (χ0) is 18.7. The van der Waals surface area contributed by atoms with E-state index < -0.39 is 10.0 Å². The number of anilines is 2. The van der Waals surface area contributed by atoms with Crippen molar-refractivity contribution in [2.24, 2.45) is 0 Å². The van der Waals surface area contributed by atoms with Gasteiger partial charge in [0.05, 0.1) is 19.0 Å². The van der Waals surface area contributed by atoms with E-state index in [4.69, 9.17) is 4.74 Å². The number of sulfonamides is 1. The normalized spacial score (nSPS) is 15.7. The van der Waals surface area contributed by atoms with Crippen LogP contribution in [0, 0.1) is 0 Å². The maximum atomic E-state index is 12.7. The molecule has 140 valence electrons. The van der Waals surface area contributed by atoms with Gasteiger partial charge in [-0.05, 0) is 37.4 Å². The molecule has 1 N–H and O–H groups in total. The summed E-state index contributed by atoms with van der Waals surface area (Å²) in [6.07, 6.45) is 1.54. The maximum Gasteiger partial charge on any atom is 0.265 e. The molecule has 0 aliphatic carbocycles. The summed E-state index contributed by atoms with van der Waals surface area (Å²) in [5.74, 6) is 1.13. The Morgan fingerprint density at radius 2 is 1.88 bits per heavy atom. The van der Waals surface area contributed by atoms with E-state index in [-0.39, 0.29) is 10.6 Å². The van der Waals surface area contributed by atoms with Crippen molar-refractivity contribution in [3.05, 3.63) is 41.0 Å². The predicted octanol–water partition coefficient (Wildman–Crippen LogP) is 2.41. The fraction of sp³-hybridized carbons (Fsp3) is 0.353. The van der Waals surface area contributed by atoms with Crippen molar-refractivity contribution in [1.29, 1.82) is 0 Å². The summed E-state index contributed by atoms with van der Waals surface area (Å²) in [6, 6.07) is 8.40. The Morgan fingerprint density at radius 3 is 2.50 bits per heavy atom. The minimum atomic E-state index is -3.79. The summed E-state index contributed by atoms with van der Waals surface area (Å²) in [6.45, 7) is 3.78. The summed E-state index contributed by atoms with van der Waals surface area (Å²) < 4.78 is 33.8. The van der Waals surface area contributed by atoms with Gasteiger partial charge in [-0.15, -0.1) is 0 Å². The van der Waals surface area contributed by atoms with Gasteiger partial charge in [0.15, 0.2) is 0 Å². The summed E-state index contributed by atoms with van der Waals surface area (Å²) in [5, 5.41) is 0. The van der Waals surface area contributed by atoms with Gasteiger partial charge in [-0.1, -0.05) is 15.9 Å². The first-order valence-corrected chi connectivity index (χ1v) is 10.4. The second-order valence-corrected chi connectivity index (χ2v) is 8.66. The Bertz CT molecular complexity index is 866. The van der Waals surface area contributed by atoms with Crippen LogP contribution < -0.4 is 14.4 Å². The molecule has 0 atom stereocenters. The van der Waals surface area contributed by atoms with Crippen LogP contribution in [-0.2, 0) is 10.0 Å². The molecule has 26 heavy (non-hydrogen) atoms. The highest BCUT2D eigenvalue weighted by molar-refractivity contribution is 9.10. The number of hydrogen-bond donors (Lipinski definition) is 1. The van der Waals surface area contributed by atoms with Crippen molar-refractivity contribution >= 4 is 37.5 Å². The molecule has 1 aromatic heterocycles. The van der Waals surface area contributed by atoms with E-state index >= 15 is 0 Å². The largest absolute Gasteiger partial charge is 0.495 e. The second-order valence-electron chi connectivity index (χ2n) is 6.10. The number of likely N-dealkylation sites (N-methyl/N-ethyl adjacent to an activating group) is 1. The average Bonchev–Trinajstić information content (AvgIpc) is 2.63. The van der Waals surface area contributed by atoms with E-state index in [0.717, 1.165) is 32.0 Å². The Kier molecular flexibility index (Phi) is 5.69. The molecule has 1 aromatic carbocycles. The van der Waals surface area contributed by atoms with Gasteiger partial charge in [0.1, 0.15) is 16.5 Å². The highest BCUT2D eigenvalue weighted by Gasteiger charge is 2.21. The second kappa shape index (κ2) is 7.81. The van der Waals surface area contributed by atoms with Crippen molar-refractivity contribution in [2.45, 2.75) is 4.90 Å². The molecule has 1 aliphatic heterocycles. The van der Waals surface area contributed by atoms with Crippen molar-refractivity contribution in [3.63, 3.8) is 0 Å². The first kappa shape index (κ1) is 18.9. The van der Waals surface area contributed by atoms with E-state index in [1.807, 2.05) is 6.07 Å². The van der Waals surface area contributed by atoms with Gasteiger partial charge in [-0.25, -0.2) is 13.4 Å². The average molecular weight is 441 g/mol. The molecule has 1 saturated heterocycles. The van der Waals surface area contributed by atoms with Gasteiger partial charge >= 0.3 is 0 Å². The number of piperazine rings is 1. The Labute approximate surface area is 162 Å². The predicted molar refractivity (Wildman–Crippen MR) is 105 cm³/mol. The maximum absolute atomic E-state index is 12.7. The van der Waals surface area contributed by atoms with Crippen LogP contribution in [0.5, 0.6) is 5.75 Å². The molecule has 0 amide bonds. The summed E-state index contributed by atoms with van der Waals surface area (Å²) in [5.41, 5.74) is 0.407. The smallest absolute Gasteiger partial charge is 0.265 e. The van der Waals surface area contributed by atoms with Crippen molar-refractivity contribution < 1.29 is 13.2 Å². The zero-order valence-electron chi connectivity index (χ0n) is 14.6. The van der Waals surface area contributed by atoms with Crippen LogP contribution in [0.1, 0.15) is 0 Å². The van der Waals surface area contributed by atoms with E-state index in [1.165, 1.54) is 19.4 Å². The number of hydrogen-bond acceptors (Lipinski definition) is 6. The summed E-state index contributed by atoms with van der Waals surface area (Å²) >= 11 is 3.29. The Hall–Kier alpha value is -1.84. The number of benzene rings is 1. The molecule has 7 nitrogen and oxygen atoms in total. The van der Waals surface area contributed by atoms with Gasteiger partial charge in [0.25, 0.3) is 10.0 Å². The van der Waals surface area contributed by atoms with Gasteiger partial charge in [-0.3, -0.25) is 4.72 Å². The van der Waals surface area contributed by atoms with Gasteiger partial charge in [-0.2, -0.15) is 0 Å². The minimum absolute atomic E-state index is 0.0671. The van der Waals surface area contributed by atoms with E-state index in [2.05, 4.69) is 42.5 Å². The molecule has 3 rings (SSSR count). The highest BCUT2D eigenvalue weighted by Crippen LogP contribution is 2.29. The van der Waals surface area contributed by atoms with Crippen LogP contribution in [0.25, 0.3) is 0 Å². The van der Waals surface area contributed by atoms with Gasteiger partial charge in [0, 0.05) is 30.7 Å². The molecule has 0 bridgehead atoms. The number of methoxy groups -OCH3 is 1. The molecule has 0 unspecified atom stereocenters. The molecule has 9 heteroatoms. The first-order chi connectivity index (χ1) is 12.4. The number of halogens is 1. The minimum Gasteiger partial charge on any atom is -0.495 e. The van der Waals surface area contributed by atoms with E-state index in [9.17, 15) is 8.42 Å². The molecule has 1 aliphatic rings. The van der Waals surface area contributed by atoms with Crippen LogP contribution >= 0.6 is 15.9 Å². The lowest BCUT2D eigenvalue weighted by Gasteiger charge is -2.33. The lowest BCUT2D eigenvalue weighted by atomic mass is 10.3. The molecule has 2 heterocycles. The number of nitrogens with one attached hydrogen (secondary N) is 1. The Morgan fingerprint density at radius 1 is 1.15 bits per heavy atom. The quantitative estimate of drug-likeness (QED) is 0.769. The third-order valence-electron chi connectivity index (χ3n) is 4.24. The first-order valence-electron chi connectivity index (χ1n) is 8.15. The number of aromatic nitrogens is 1. The monoisotopic (exact) mass is 440 g/mol. The fourth-order valence-corrected chi connectivity index (χ4v) is 4.49. The lowest BCUT2D eigenvalue weighted by molar-refractivity contribution is 0.312. The van der Waals surface area contributed by atoms with Crippen LogP contribution in [-0.4, -0.2) is 58.6 Å². The van der Waals surface area contributed by atoms with Crippen molar-refractivity contribution in [2.75, 3.05) is 50.0 Å². The number of ether oxygens (including phenoxy) is 1. The molecular weight excluding hydrogens is 420 g/mol. The van der Waals surface area contributed by atoms with Gasteiger partial charge < -0.3 is 14.5 Å². The number of rotatable bonds is 5. The van der Waals surface area contributed by atoms with E-state index in [1.54, 1.807) is 18.2 Å².